The van der Waals surface area contributed by atoms with E-state index in [1.54, 1.807) is 17.0 Å². The highest BCUT2D eigenvalue weighted by Crippen LogP contribution is 2.24. The SMILES string of the molecule is CC[C@H](C)NC(=O)[C@H](CC)N(CCc1ccccc1)C(=O)CSCc1c(F)cccc1Cl. The molecule has 2 atom stereocenters. The standard InChI is InChI=1S/C25H32ClFN2O2S/c1-4-18(3)28-25(31)23(5-2)29(15-14-19-10-7-6-8-11-19)24(30)17-32-16-20-21(26)12-9-13-22(20)27/h6-13,18,23H,4-5,14-17H2,1-3H3,(H,28,31)/t18-,23-/m0/s1. The Bertz CT molecular complexity index is 861. The van der Waals surface area contributed by atoms with E-state index < -0.39 is 6.04 Å². The van der Waals surface area contributed by atoms with Crippen LogP contribution in [0, 0.1) is 5.82 Å². The van der Waals surface area contributed by atoms with Crippen molar-refractivity contribution in [2.45, 2.75) is 57.9 Å². The molecular weight excluding hydrogens is 447 g/mol. The Morgan fingerprint density at radius 1 is 1.09 bits per heavy atom. The van der Waals surface area contributed by atoms with Gasteiger partial charge in [-0.1, -0.05) is 61.8 Å². The Hall–Kier alpha value is -2.05. The van der Waals surface area contributed by atoms with Gasteiger partial charge in [0.25, 0.3) is 0 Å². The second kappa shape index (κ2) is 13.5. The molecule has 0 radical (unpaired) electrons. The molecule has 2 aromatic rings. The minimum atomic E-state index is -0.544. The number of amides is 2. The summed E-state index contributed by atoms with van der Waals surface area (Å²) >= 11 is 7.40. The molecule has 0 aromatic heterocycles. The molecule has 2 aromatic carbocycles. The summed E-state index contributed by atoms with van der Waals surface area (Å²) in [7, 11) is 0. The summed E-state index contributed by atoms with van der Waals surface area (Å²) in [5, 5.41) is 3.36. The number of hydrogen-bond donors (Lipinski definition) is 1. The summed E-state index contributed by atoms with van der Waals surface area (Å²) in [6.07, 6.45) is 2.00. The van der Waals surface area contributed by atoms with Gasteiger partial charge in [0.05, 0.1) is 5.75 Å². The first-order valence-corrected chi connectivity index (χ1v) is 12.5. The lowest BCUT2D eigenvalue weighted by Crippen LogP contribution is -2.52. The highest BCUT2D eigenvalue weighted by molar-refractivity contribution is 7.99. The van der Waals surface area contributed by atoms with Gasteiger partial charge in [-0.05, 0) is 43.9 Å². The zero-order chi connectivity index (χ0) is 23.5. The molecule has 0 bridgehead atoms. The third-order valence-corrected chi connectivity index (χ3v) is 6.70. The molecule has 174 valence electrons. The molecule has 32 heavy (non-hydrogen) atoms. The maximum absolute atomic E-state index is 14.0. The van der Waals surface area contributed by atoms with Crippen molar-refractivity contribution < 1.29 is 14.0 Å². The number of carbonyl (C=O) groups excluding carboxylic acids is 2. The molecule has 0 spiro atoms. The lowest BCUT2D eigenvalue weighted by molar-refractivity contribution is -0.139. The topological polar surface area (TPSA) is 49.4 Å². The van der Waals surface area contributed by atoms with Crippen molar-refractivity contribution in [3.05, 3.63) is 70.5 Å². The van der Waals surface area contributed by atoms with Crippen LogP contribution in [0.4, 0.5) is 4.39 Å². The number of carbonyl (C=O) groups is 2. The zero-order valence-corrected chi connectivity index (χ0v) is 20.5. The quantitative estimate of drug-likeness (QED) is 0.439. The minimum Gasteiger partial charge on any atom is -0.352 e. The first-order valence-electron chi connectivity index (χ1n) is 11.0. The van der Waals surface area contributed by atoms with E-state index in [1.807, 2.05) is 51.1 Å². The van der Waals surface area contributed by atoms with Crippen LogP contribution in [0.5, 0.6) is 0 Å². The maximum Gasteiger partial charge on any atom is 0.243 e. The van der Waals surface area contributed by atoms with Gasteiger partial charge in [0, 0.05) is 28.9 Å². The molecule has 0 aliphatic rings. The predicted molar refractivity (Wildman–Crippen MR) is 131 cm³/mol. The van der Waals surface area contributed by atoms with Gasteiger partial charge in [0.1, 0.15) is 11.9 Å². The summed E-state index contributed by atoms with van der Waals surface area (Å²) in [5.41, 5.74) is 1.50. The Morgan fingerprint density at radius 2 is 1.81 bits per heavy atom. The first kappa shape index (κ1) is 26.2. The molecular formula is C25H32ClFN2O2S. The van der Waals surface area contributed by atoms with Gasteiger partial charge in [-0.3, -0.25) is 9.59 Å². The van der Waals surface area contributed by atoms with Gasteiger partial charge in [0.2, 0.25) is 11.8 Å². The Morgan fingerprint density at radius 3 is 2.44 bits per heavy atom. The Labute approximate surface area is 199 Å². The number of halogens is 2. The van der Waals surface area contributed by atoms with E-state index in [0.29, 0.717) is 35.7 Å². The van der Waals surface area contributed by atoms with Gasteiger partial charge in [-0.15, -0.1) is 11.8 Å². The molecule has 7 heteroatoms. The van der Waals surface area contributed by atoms with Crippen LogP contribution in [-0.4, -0.2) is 41.1 Å². The van der Waals surface area contributed by atoms with E-state index in [-0.39, 0.29) is 29.4 Å². The highest BCUT2D eigenvalue weighted by atomic mass is 35.5. The summed E-state index contributed by atoms with van der Waals surface area (Å²) < 4.78 is 14.0. The first-order chi connectivity index (χ1) is 15.4. The molecule has 0 aliphatic heterocycles. The van der Waals surface area contributed by atoms with E-state index in [9.17, 15) is 14.0 Å². The highest BCUT2D eigenvalue weighted by Gasteiger charge is 2.28. The van der Waals surface area contributed by atoms with Crippen LogP contribution in [0.25, 0.3) is 0 Å². The lowest BCUT2D eigenvalue weighted by Gasteiger charge is -2.31. The molecule has 0 saturated carbocycles. The van der Waals surface area contributed by atoms with E-state index >= 15 is 0 Å². The molecule has 0 unspecified atom stereocenters. The summed E-state index contributed by atoms with van der Waals surface area (Å²) in [4.78, 5) is 27.8. The fraction of sp³-hybridized carbons (Fsp3) is 0.440. The number of benzene rings is 2. The Balaban J connectivity index is 2.10. The van der Waals surface area contributed by atoms with E-state index in [2.05, 4.69) is 5.32 Å². The van der Waals surface area contributed by atoms with Crippen molar-refractivity contribution in [1.29, 1.82) is 0 Å². The molecule has 0 heterocycles. The van der Waals surface area contributed by atoms with Gasteiger partial charge in [-0.25, -0.2) is 4.39 Å². The molecule has 4 nitrogen and oxygen atoms in total. The zero-order valence-electron chi connectivity index (χ0n) is 18.9. The fourth-order valence-electron chi connectivity index (χ4n) is 3.33. The van der Waals surface area contributed by atoms with Gasteiger partial charge in [0.15, 0.2) is 0 Å². The number of rotatable bonds is 12. The van der Waals surface area contributed by atoms with E-state index in [0.717, 1.165) is 12.0 Å². The molecule has 2 amide bonds. The van der Waals surface area contributed by atoms with Crippen LogP contribution in [-0.2, 0) is 21.8 Å². The van der Waals surface area contributed by atoms with Gasteiger partial charge < -0.3 is 10.2 Å². The average Bonchev–Trinajstić information content (AvgIpc) is 2.78. The molecule has 2 rings (SSSR count). The molecule has 0 aliphatic carbocycles. The van der Waals surface area contributed by atoms with Crippen LogP contribution >= 0.6 is 23.4 Å². The van der Waals surface area contributed by atoms with Crippen molar-refractivity contribution in [3.8, 4) is 0 Å². The summed E-state index contributed by atoms with van der Waals surface area (Å²) in [6.45, 7) is 6.32. The van der Waals surface area contributed by atoms with Crippen LogP contribution < -0.4 is 5.32 Å². The van der Waals surface area contributed by atoms with Crippen molar-refractivity contribution >= 4 is 35.2 Å². The molecule has 0 fully saturated rings. The molecule has 1 N–H and O–H groups in total. The number of nitrogens with zero attached hydrogens (tertiary/aromatic N) is 1. The van der Waals surface area contributed by atoms with Crippen LogP contribution in [0.15, 0.2) is 48.5 Å². The van der Waals surface area contributed by atoms with Crippen LogP contribution in [0.1, 0.15) is 44.7 Å². The van der Waals surface area contributed by atoms with Gasteiger partial charge in [-0.2, -0.15) is 0 Å². The summed E-state index contributed by atoms with van der Waals surface area (Å²) in [5.74, 6) is -0.209. The number of nitrogens with one attached hydrogen (secondary N) is 1. The van der Waals surface area contributed by atoms with Crippen LogP contribution in [0.2, 0.25) is 5.02 Å². The minimum absolute atomic E-state index is 0.0419. The second-order valence-corrected chi connectivity index (χ2v) is 9.15. The smallest absolute Gasteiger partial charge is 0.243 e. The number of thioether (sulfide) groups is 1. The maximum atomic E-state index is 14.0. The predicted octanol–water partition coefficient (Wildman–Crippen LogP) is 5.48. The third kappa shape index (κ3) is 7.82. The molecule has 0 saturated heterocycles. The normalized spacial score (nSPS) is 12.8. The monoisotopic (exact) mass is 478 g/mol. The van der Waals surface area contributed by atoms with Gasteiger partial charge >= 0.3 is 0 Å². The van der Waals surface area contributed by atoms with Crippen molar-refractivity contribution in [2.75, 3.05) is 12.3 Å². The Kier molecular flexibility index (Phi) is 11.0. The van der Waals surface area contributed by atoms with Crippen molar-refractivity contribution in [2.24, 2.45) is 0 Å². The van der Waals surface area contributed by atoms with E-state index in [4.69, 9.17) is 11.6 Å². The van der Waals surface area contributed by atoms with Crippen molar-refractivity contribution in [1.82, 2.24) is 10.2 Å². The largest absolute Gasteiger partial charge is 0.352 e. The number of hydrogen-bond acceptors (Lipinski definition) is 3. The average molecular weight is 479 g/mol. The summed E-state index contributed by atoms with van der Waals surface area (Å²) in [6, 6.07) is 14.0. The third-order valence-electron chi connectivity index (χ3n) is 5.40. The van der Waals surface area contributed by atoms with Crippen molar-refractivity contribution in [3.63, 3.8) is 0 Å². The fourth-order valence-corrected chi connectivity index (χ4v) is 4.58. The van der Waals surface area contributed by atoms with Crippen LogP contribution in [0.3, 0.4) is 0 Å². The lowest BCUT2D eigenvalue weighted by atomic mass is 10.1. The second-order valence-electron chi connectivity index (χ2n) is 7.76. The van der Waals surface area contributed by atoms with E-state index in [1.165, 1.54) is 17.8 Å².